The molecule has 98 valence electrons. The Hall–Kier alpha value is -2.14. The molecule has 1 unspecified atom stereocenters. The molecule has 1 atom stereocenters. The molecule has 2 heterocycles. The van der Waals surface area contributed by atoms with Crippen LogP contribution in [-0.4, -0.2) is 26.7 Å². The average Bonchev–Trinajstić information content (AvgIpc) is 2.82. The van der Waals surface area contributed by atoms with E-state index in [1.54, 1.807) is 6.33 Å². The largest absolute Gasteiger partial charge is 0.480 e. The molecule has 0 radical (unpaired) electrons. The Morgan fingerprint density at radius 2 is 2.21 bits per heavy atom. The molecule has 0 fully saturated rings. The van der Waals surface area contributed by atoms with E-state index in [1.807, 2.05) is 18.2 Å². The van der Waals surface area contributed by atoms with Crippen LogP contribution in [0.25, 0.3) is 0 Å². The summed E-state index contributed by atoms with van der Waals surface area (Å²) < 4.78 is 2.08. The number of carbonyl (C=O) groups is 1. The summed E-state index contributed by atoms with van der Waals surface area (Å²) in [5.74, 6) is -0.816. The summed E-state index contributed by atoms with van der Waals surface area (Å²) in [5.41, 5.74) is 3.19. The topological polar surface area (TPSA) is 67.1 Å². The Morgan fingerprint density at radius 3 is 2.95 bits per heavy atom. The Labute approximate surface area is 110 Å². The molecule has 0 saturated carbocycles. The number of benzene rings is 1. The fourth-order valence-corrected chi connectivity index (χ4v) is 2.40. The number of nitrogens with one attached hydrogen (secondary N) is 1. The average molecular weight is 257 g/mol. The van der Waals surface area contributed by atoms with E-state index in [0.29, 0.717) is 13.0 Å². The molecular formula is C14H15N3O2. The van der Waals surface area contributed by atoms with Crippen LogP contribution in [0.2, 0.25) is 0 Å². The highest BCUT2D eigenvalue weighted by Crippen LogP contribution is 2.17. The van der Waals surface area contributed by atoms with Gasteiger partial charge in [-0.05, 0) is 5.56 Å². The zero-order valence-corrected chi connectivity index (χ0v) is 10.4. The third-order valence-corrected chi connectivity index (χ3v) is 3.44. The number of carboxylic acid groups (broad SMARTS) is 1. The molecule has 5 heteroatoms. The third-order valence-electron chi connectivity index (χ3n) is 3.44. The number of hydrogen-bond donors (Lipinski definition) is 2. The molecule has 19 heavy (non-hydrogen) atoms. The predicted molar refractivity (Wildman–Crippen MR) is 69.7 cm³/mol. The highest BCUT2D eigenvalue weighted by atomic mass is 16.4. The number of imidazole rings is 1. The van der Waals surface area contributed by atoms with E-state index < -0.39 is 12.0 Å². The standard InChI is InChI=1S/C14H15N3O2/c18-14(19)12-6-11-13(7-15-12)17(9-16-11)8-10-4-2-1-3-5-10/h1-5,9,12,15H,6-8H2,(H,18,19). The second-order valence-electron chi connectivity index (χ2n) is 4.73. The number of aromatic nitrogens is 2. The third kappa shape index (κ3) is 2.37. The Kier molecular flexibility index (Phi) is 3.05. The van der Waals surface area contributed by atoms with Gasteiger partial charge in [0, 0.05) is 19.5 Å². The Bertz CT molecular complexity index is 592. The summed E-state index contributed by atoms with van der Waals surface area (Å²) in [6.45, 7) is 1.32. The van der Waals surface area contributed by atoms with Gasteiger partial charge in [-0.3, -0.25) is 10.1 Å². The van der Waals surface area contributed by atoms with Crippen LogP contribution in [0.4, 0.5) is 0 Å². The van der Waals surface area contributed by atoms with Crippen LogP contribution in [0.3, 0.4) is 0 Å². The highest BCUT2D eigenvalue weighted by Gasteiger charge is 2.26. The number of rotatable bonds is 3. The van der Waals surface area contributed by atoms with Gasteiger partial charge in [-0.1, -0.05) is 30.3 Å². The van der Waals surface area contributed by atoms with E-state index in [2.05, 4.69) is 27.0 Å². The molecule has 0 bridgehead atoms. The van der Waals surface area contributed by atoms with Crippen LogP contribution in [0.5, 0.6) is 0 Å². The summed E-state index contributed by atoms with van der Waals surface area (Å²) in [6, 6.07) is 9.64. The van der Waals surface area contributed by atoms with Crippen molar-refractivity contribution in [2.45, 2.75) is 25.6 Å². The maximum absolute atomic E-state index is 11.0. The van der Waals surface area contributed by atoms with Gasteiger partial charge in [-0.15, -0.1) is 0 Å². The van der Waals surface area contributed by atoms with E-state index in [4.69, 9.17) is 5.11 Å². The first-order chi connectivity index (χ1) is 9.24. The lowest BCUT2D eigenvalue weighted by Gasteiger charge is -2.21. The molecule has 1 aromatic heterocycles. The highest BCUT2D eigenvalue weighted by molar-refractivity contribution is 5.74. The van der Waals surface area contributed by atoms with Crippen molar-refractivity contribution in [3.8, 4) is 0 Å². The fourth-order valence-electron chi connectivity index (χ4n) is 2.40. The normalized spacial score (nSPS) is 18.0. The number of carboxylic acids is 1. The number of nitrogens with zero attached hydrogens (tertiary/aromatic N) is 2. The lowest BCUT2D eigenvalue weighted by Crippen LogP contribution is -2.42. The van der Waals surface area contributed by atoms with E-state index >= 15 is 0 Å². The minimum atomic E-state index is -0.816. The maximum Gasteiger partial charge on any atom is 0.321 e. The summed E-state index contributed by atoms with van der Waals surface area (Å²) in [7, 11) is 0. The van der Waals surface area contributed by atoms with Crippen molar-refractivity contribution in [3.05, 3.63) is 53.6 Å². The van der Waals surface area contributed by atoms with Crippen LogP contribution in [0.1, 0.15) is 17.0 Å². The molecule has 1 aliphatic heterocycles. The van der Waals surface area contributed by atoms with Gasteiger partial charge >= 0.3 is 5.97 Å². The summed E-state index contributed by atoms with van der Waals surface area (Å²) in [5, 5.41) is 12.0. The van der Waals surface area contributed by atoms with Crippen molar-refractivity contribution in [1.82, 2.24) is 14.9 Å². The molecule has 2 N–H and O–H groups in total. The van der Waals surface area contributed by atoms with Crippen LogP contribution >= 0.6 is 0 Å². The van der Waals surface area contributed by atoms with Crippen LogP contribution in [0, 0.1) is 0 Å². The number of hydrogen-bond acceptors (Lipinski definition) is 3. The number of aliphatic carboxylic acids is 1. The SMILES string of the molecule is O=C(O)C1Cc2ncn(Cc3ccccc3)c2CN1. The van der Waals surface area contributed by atoms with Crippen molar-refractivity contribution in [2.75, 3.05) is 0 Å². The van der Waals surface area contributed by atoms with E-state index in [-0.39, 0.29) is 0 Å². The van der Waals surface area contributed by atoms with Gasteiger partial charge in [0.25, 0.3) is 0 Å². The summed E-state index contributed by atoms with van der Waals surface area (Å²) in [4.78, 5) is 15.3. The monoisotopic (exact) mass is 257 g/mol. The molecular weight excluding hydrogens is 242 g/mol. The summed E-state index contributed by atoms with van der Waals surface area (Å²) in [6.07, 6.45) is 2.25. The minimum Gasteiger partial charge on any atom is -0.480 e. The Morgan fingerprint density at radius 1 is 1.42 bits per heavy atom. The van der Waals surface area contributed by atoms with Crippen LogP contribution in [-0.2, 0) is 24.3 Å². The first-order valence-electron chi connectivity index (χ1n) is 6.27. The molecule has 1 aromatic carbocycles. The van der Waals surface area contributed by atoms with Gasteiger partial charge in [0.2, 0.25) is 0 Å². The number of fused-ring (bicyclic) bond motifs is 1. The molecule has 0 spiro atoms. The lowest BCUT2D eigenvalue weighted by atomic mass is 10.1. The quantitative estimate of drug-likeness (QED) is 0.862. The molecule has 0 saturated heterocycles. The van der Waals surface area contributed by atoms with Crippen LogP contribution < -0.4 is 5.32 Å². The van der Waals surface area contributed by atoms with E-state index in [0.717, 1.165) is 17.9 Å². The van der Waals surface area contributed by atoms with Crippen molar-refractivity contribution in [1.29, 1.82) is 0 Å². The van der Waals surface area contributed by atoms with Crippen molar-refractivity contribution in [3.63, 3.8) is 0 Å². The van der Waals surface area contributed by atoms with Gasteiger partial charge < -0.3 is 9.67 Å². The first kappa shape index (κ1) is 11.9. The van der Waals surface area contributed by atoms with Crippen LogP contribution in [0.15, 0.2) is 36.7 Å². The minimum absolute atomic E-state index is 0.451. The molecule has 1 aliphatic rings. The van der Waals surface area contributed by atoms with Gasteiger partial charge in [-0.25, -0.2) is 4.98 Å². The smallest absolute Gasteiger partial charge is 0.321 e. The van der Waals surface area contributed by atoms with E-state index in [1.165, 1.54) is 5.56 Å². The molecule has 0 aliphatic carbocycles. The Balaban J connectivity index is 1.81. The van der Waals surface area contributed by atoms with Gasteiger partial charge in [0.1, 0.15) is 6.04 Å². The molecule has 5 nitrogen and oxygen atoms in total. The van der Waals surface area contributed by atoms with Crippen molar-refractivity contribution >= 4 is 5.97 Å². The van der Waals surface area contributed by atoms with Gasteiger partial charge in [-0.2, -0.15) is 0 Å². The zero-order chi connectivity index (χ0) is 13.2. The molecule has 3 rings (SSSR count). The second kappa shape index (κ2) is 4.85. The zero-order valence-electron chi connectivity index (χ0n) is 10.4. The van der Waals surface area contributed by atoms with Gasteiger partial charge in [0.05, 0.1) is 17.7 Å². The van der Waals surface area contributed by atoms with Crippen molar-refractivity contribution in [2.24, 2.45) is 0 Å². The van der Waals surface area contributed by atoms with E-state index in [9.17, 15) is 4.79 Å². The van der Waals surface area contributed by atoms with Crippen molar-refractivity contribution < 1.29 is 9.90 Å². The summed E-state index contributed by atoms with van der Waals surface area (Å²) >= 11 is 0. The predicted octanol–water partition coefficient (Wildman–Crippen LogP) is 1.03. The molecule has 0 amide bonds. The van der Waals surface area contributed by atoms with Gasteiger partial charge in [0.15, 0.2) is 0 Å². The first-order valence-corrected chi connectivity index (χ1v) is 6.27. The molecule has 2 aromatic rings. The lowest BCUT2D eigenvalue weighted by molar-refractivity contribution is -0.139. The second-order valence-corrected chi connectivity index (χ2v) is 4.73. The fraction of sp³-hybridized carbons (Fsp3) is 0.286. The maximum atomic E-state index is 11.0.